The maximum Gasteiger partial charge on any atom is 0.274 e. The van der Waals surface area contributed by atoms with Gasteiger partial charge in [-0.25, -0.2) is 13.6 Å². The number of amides is 1. The predicted molar refractivity (Wildman–Crippen MR) is 71.8 cm³/mol. The van der Waals surface area contributed by atoms with E-state index in [9.17, 15) is 23.3 Å². The Balaban J connectivity index is 3.55. The van der Waals surface area contributed by atoms with Gasteiger partial charge in [-0.15, -0.1) is 0 Å². The second kappa shape index (κ2) is 5.55. The molecule has 0 saturated carbocycles. The molecule has 1 aromatic rings. The van der Waals surface area contributed by atoms with Gasteiger partial charge in [0.25, 0.3) is 11.6 Å². The zero-order valence-electron chi connectivity index (χ0n) is 11.2. The van der Waals surface area contributed by atoms with Gasteiger partial charge in [0.15, 0.2) is 0 Å². The molecule has 1 rings (SSSR count). The highest BCUT2D eigenvalue weighted by Crippen LogP contribution is 2.26. The van der Waals surface area contributed by atoms with E-state index in [2.05, 4.69) is 5.32 Å². The first-order valence-corrected chi connectivity index (χ1v) is 7.21. The fourth-order valence-electron chi connectivity index (χ4n) is 1.60. The highest BCUT2D eigenvalue weighted by Gasteiger charge is 2.24. The molecule has 0 aliphatic heterocycles. The predicted octanol–water partition coefficient (Wildman–Crippen LogP) is 0.689. The zero-order valence-corrected chi connectivity index (χ0v) is 12.0. The van der Waals surface area contributed by atoms with Gasteiger partial charge in [0, 0.05) is 17.7 Å². The Labute approximate surface area is 116 Å². The van der Waals surface area contributed by atoms with Crippen LogP contribution in [0.2, 0.25) is 0 Å². The second-order valence-electron chi connectivity index (χ2n) is 4.55. The highest BCUT2D eigenvalue weighted by molar-refractivity contribution is 7.89. The van der Waals surface area contributed by atoms with E-state index >= 15 is 0 Å². The lowest BCUT2D eigenvalue weighted by Gasteiger charge is -2.11. The number of nitro groups is 1. The van der Waals surface area contributed by atoms with Crippen LogP contribution in [0.5, 0.6) is 0 Å². The van der Waals surface area contributed by atoms with Gasteiger partial charge in [-0.2, -0.15) is 0 Å². The van der Waals surface area contributed by atoms with Crippen LogP contribution in [0.15, 0.2) is 17.0 Å². The van der Waals surface area contributed by atoms with Crippen molar-refractivity contribution in [2.75, 3.05) is 0 Å². The van der Waals surface area contributed by atoms with Gasteiger partial charge in [-0.1, -0.05) is 0 Å². The second-order valence-corrected chi connectivity index (χ2v) is 6.11. The molecule has 0 aliphatic rings. The Hall–Kier alpha value is -2.00. The van der Waals surface area contributed by atoms with E-state index in [-0.39, 0.29) is 17.2 Å². The number of hydrogen-bond acceptors (Lipinski definition) is 5. The molecular weight excluding hydrogens is 286 g/mol. The van der Waals surface area contributed by atoms with Crippen LogP contribution in [-0.4, -0.2) is 25.3 Å². The molecule has 0 bridgehead atoms. The molecule has 0 radical (unpaired) electrons. The van der Waals surface area contributed by atoms with Crippen molar-refractivity contribution in [1.82, 2.24) is 5.32 Å². The minimum absolute atomic E-state index is 0.0838. The summed E-state index contributed by atoms with van der Waals surface area (Å²) >= 11 is 0. The molecule has 0 spiro atoms. The molecule has 0 unspecified atom stereocenters. The van der Waals surface area contributed by atoms with Gasteiger partial charge in [0.05, 0.1) is 15.4 Å². The average molecular weight is 301 g/mol. The number of carbonyl (C=O) groups excluding carboxylic acids is 1. The van der Waals surface area contributed by atoms with Crippen molar-refractivity contribution >= 4 is 21.6 Å². The molecule has 3 N–H and O–H groups in total. The first kappa shape index (κ1) is 16.1. The molecule has 8 nitrogen and oxygen atoms in total. The summed E-state index contributed by atoms with van der Waals surface area (Å²) in [5.41, 5.74) is -0.470. The normalized spacial score (nSPS) is 11.4. The number of hydrogen-bond donors (Lipinski definition) is 2. The minimum atomic E-state index is -4.14. The molecule has 0 atom stereocenters. The number of benzene rings is 1. The van der Waals surface area contributed by atoms with E-state index in [1.165, 1.54) is 6.92 Å². The van der Waals surface area contributed by atoms with Gasteiger partial charge >= 0.3 is 0 Å². The summed E-state index contributed by atoms with van der Waals surface area (Å²) in [7, 11) is -4.14. The maximum absolute atomic E-state index is 12.0. The minimum Gasteiger partial charge on any atom is -0.350 e. The van der Waals surface area contributed by atoms with E-state index in [0.717, 1.165) is 12.1 Å². The summed E-state index contributed by atoms with van der Waals surface area (Å²) in [5, 5.41) is 18.4. The van der Waals surface area contributed by atoms with Gasteiger partial charge < -0.3 is 5.32 Å². The number of nitrogens with zero attached hydrogens (tertiary/aromatic N) is 1. The van der Waals surface area contributed by atoms with Crippen LogP contribution < -0.4 is 10.5 Å². The molecular formula is C11H15N3O5S. The van der Waals surface area contributed by atoms with Crippen LogP contribution in [0.25, 0.3) is 0 Å². The number of nitrogens with one attached hydrogen (secondary N) is 1. The van der Waals surface area contributed by atoms with Crippen molar-refractivity contribution in [3.05, 3.63) is 33.4 Å². The maximum atomic E-state index is 12.0. The first-order valence-electron chi connectivity index (χ1n) is 5.66. The van der Waals surface area contributed by atoms with Gasteiger partial charge in [0.2, 0.25) is 10.0 Å². The lowest BCUT2D eigenvalue weighted by atomic mass is 10.1. The van der Waals surface area contributed by atoms with Crippen LogP contribution in [0.3, 0.4) is 0 Å². The Morgan fingerprint density at radius 2 is 1.95 bits per heavy atom. The van der Waals surface area contributed by atoms with Crippen molar-refractivity contribution < 1.29 is 18.1 Å². The third-order valence-corrected chi connectivity index (χ3v) is 3.44. The molecule has 1 aromatic carbocycles. The van der Waals surface area contributed by atoms with E-state index < -0.39 is 31.4 Å². The summed E-state index contributed by atoms with van der Waals surface area (Å²) in [6, 6.07) is 1.69. The molecule has 9 heteroatoms. The Bertz CT molecular complexity index is 667. The third-order valence-electron chi connectivity index (χ3n) is 2.54. The van der Waals surface area contributed by atoms with Gasteiger partial charge in [0.1, 0.15) is 0 Å². The highest BCUT2D eigenvalue weighted by atomic mass is 32.2. The van der Waals surface area contributed by atoms with Gasteiger partial charge in [-0.3, -0.25) is 14.9 Å². The Morgan fingerprint density at radius 3 is 2.35 bits per heavy atom. The SMILES string of the molecule is Cc1c(C(=O)NC(C)C)cc(S(N)(=O)=O)cc1[N+](=O)[O-]. The summed E-state index contributed by atoms with van der Waals surface area (Å²) < 4.78 is 22.7. The fraction of sp³-hybridized carbons (Fsp3) is 0.364. The van der Waals surface area contributed by atoms with E-state index in [0.29, 0.717) is 0 Å². The van der Waals surface area contributed by atoms with Gasteiger partial charge in [-0.05, 0) is 26.8 Å². The van der Waals surface area contributed by atoms with Crippen LogP contribution >= 0.6 is 0 Å². The molecule has 0 fully saturated rings. The molecule has 1 amide bonds. The Morgan fingerprint density at radius 1 is 1.40 bits per heavy atom. The number of carbonyl (C=O) groups is 1. The topological polar surface area (TPSA) is 132 Å². The molecule has 20 heavy (non-hydrogen) atoms. The summed E-state index contributed by atoms with van der Waals surface area (Å²) in [6.07, 6.45) is 0. The van der Waals surface area contributed by atoms with Crippen molar-refractivity contribution in [1.29, 1.82) is 0 Å². The largest absolute Gasteiger partial charge is 0.350 e. The molecule has 0 aliphatic carbocycles. The van der Waals surface area contributed by atoms with Crippen LogP contribution in [0, 0.1) is 17.0 Å². The number of nitro benzene ring substituents is 1. The van der Waals surface area contributed by atoms with Crippen LogP contribution in [0.4, 0.5) is 5.69 Å². The number of rotatable bonds is 4. The molecule has 110 valence electrons. The van der Waals surface area contributed by atoms with Crippen LogP contribution in [0.1, 0.15) is 29.8 Å². The lowest BCUT2D eigenvalue weighted by Crippen LogP contribution is -2.31. The van der Waals surface area contributed by atoms with Crippen molar-refractivity contribution in [2.24, 2.45) is 5.14 Å². The summed E-state index contributed by atoms with van der Waals surface area (Å²) in [6.45, 7) is 4.80. The monoisotopic (exact) mass is 301 g/mol. The van der Waals surface area contributed by atoms with E-state index in [1.807, 2.05) is 0 Å². The summed E-state index contributed by atoms with van der Waals surface area (Å²) in [4.78, 5) is 21.7. The smallest absolute Gasteiger partial charge is 0.274 e. The number of primary sulfonamides is 1. The zero-order chi connectivity index (χ0) is 15.7. The summed E-state index contributed by atoms with van der Waals surface area (Å²) in [5.74, 6) is -0.592. The lowest BCUT2D eigenvalue weighted by molar-refractivity contribution is -0.385. The van der Waals surface area contributed by atoms with Crippen molar-refractivity contribution in [3.8, 4) is 0 Å². The quantitative estimate of drug-likeness (QED) is 0.623. The molecule has 0 saturated heterocycles. The van der Waals surface area contributed by atoms with E-state index in [4.69, 9.17) is 5.14 Å². The molecule has 0 aromatic heterocycles. The first-order chi connectivity index (χ1) is 9.04. The Kier molecular flexibility index (Phi) is 4.46. The standard InChI is InChI=1S/C11H15N3O5S/c1-6(2)13-11(15)9-4-8(20(12,18)19)5-10(7(9)3)14(16)17/h4-6H,1-3H3,(H,13,15)(H2,12,18,19). The third kappa shape index (κ3) is 3.52. The van der Waals surface area contributed by atoms with Crippen molar-refractivity contribution in [2.45, 2.75) is 31.7 Å². The van der Waals surface area contributed by atoms with Crippen LogP contribution in [-0.2, 0) is 10.0 Å². The fourth-order valence-corrected chi connectivity index (χ4v) is 2.16. The number of sulfonamides is 1. The number of nitrogens with two attached hydrogens (primary N) is 1. The van der Waals surface area contributed by atoms with Crippen molar-refractivity contribution in [3.63, 3.8) is 0 Å². The average Bonchev–Trinajstić information content (AvgIpc) is 2.25. The van der Waals surface area contributed by atoms with E-state index in [1.54, 1.807) is 13.8 Å². The molecule has 0 heterocycles.